The Kier molecular flexibility index (Phi) is 4.62. The molecule has 0 saturated heterocycles. The number of benzene rings is 1. The van der Waals surface area contributed by atoms with Crippen molar-refractivity contribution in [2.75, 3.05) is 13.9 Å². The molecule has 0 spiro atoms. The topological polar surface area (TPSA) is 36.3 Å². The Morgan fingerprint density at radius 3 is 2.45 bits per heavy atom. The van der Waals surface area contributed by atoms with Crippen LogP contribution in [0.3, 0.4) is 0 Å². The van der Waals surface area contributed by atoms with Gasteiger partial charge in [-0.15, -0.1) is 0 Å². The fourth-order valence-electron chi connectivity index (χ4n) is 1.79. The van der Waals surface area contributed by atoms with Crippen molar-refractivity contribution in [1.82, 2.24) is 9.78 Å². The van der Waals surface area contributed by atoms with Gasteiger partial charge in [0.1, 0.15) is 5.15 Å². The highest BCUT2D eigenvalue weighted by molar-refractivity contribution is 6.29. The third-order valence-corrected chi connectivity index (χ3v) is 2.96. The lowest BCUT2D eigenvalue weighted by atomic mass is 10.1. The van der Waals surface area contributed by atoms with Crippen molar-refractivity contribution in [2.45, 2.75) is 13.1 Å². The second-order valence-electron chi connectivity index (χ2n) is 4.37. The minimum atomic E-state index is -4.89. The third-order valence-electron chi connectivity index (χ3n) is 2.69. The van der Waals surface area contributed by atoms with E-state index in [4.69, 9.17) is 16.3 Å². The Morgan fingerprint density at radius 1 is 1.27 bits per heavy atom. The number of aryl methyl sites for hydroxylation is 1. The van der Waals surface area contributed by atoms with Gasteiger partial charge in [-0.2, -0.15) is 18.3 Å². The quantitative estimate of drug-likeness (QED) is 0.625. The summed E-state index contributed by atoms with van der Waals surface area (Å²) in [6.07, 6.45) is -4.89. The van der Waals surface area contributed by atoms with Gasteiger partial charge in [0.05, 0.1) is 16.9 Å². The maximum atomic E-state index is 13.9. The largest absolute Gasteiger partial charge is 0.464 e. The van der Waals surface area contributed by atoms with Crippen LogP contribution in [0.15, 0.2) is 18.2 Å². The fourth-order valence-corrected chi connectivity index (χ4v) is 2.08. The van der Waals surface area contributed by atoms with Gasteiger partial charge in [0.15, 0.2) is 18.4 Å². The highest BCUT2D eigenvalue weighted by Crippen LogP contribution is 2.37. The lowest BCUT2D eigenvalue weighted by Gasteiger charge is -2.15. The Morgan fingerprint density at radius 2 is 1.95 bits per heavy atom. The molecular formula is C13H11ClF4N2O2. The molecule has 4 nitrogen and oxygen atoms in total. The lowest BCUT2D eigenvalue weighted by molar-refractivity contribution is -0.140. The Bertz CT molecular complexity index is 685. The maximum absolute atomic E-state index is 13.9. The number of rotatable bonds is 4. The summed E-state index contributed by atoms with van der Waals surface area (Å²) in [6, 6.07) is 3.16. The minimum Gasteiger partial charge on any atom is -0.464 e. The zero-order valence-electron chi connectivity index (χ0n) is 11.5. The van der Waals surface area contributed by atoms with Gasteiger partial charge in [0.2, 0.25) is 0 Å². The van der Waals surface area contributed by atoms with Crippen LogP contribution in [-0.4, -0.2) is 23.7 Å². The number of nitrogens with zero attached hydrogens (tertiary/aromatic N) is 2. The molecule has 0 bridgehead atoms. The van der Waals surface area contributed by atoms with E-state index in [9.17, 15) is 17.6 Å². The highest BCUT2D eigenvalue weighted by Gasteiger charge is 2.36. The first-order valence-electron chi connectivity index (χ1n) is 5.99. The number of alkyl halides is 3. The molecule has 1 aromatic heterocycles. The van der Waals surface area contributed by atoms with Gasteiger partial charge in [-0.3, -0.25) is 0 Å². The average Bonchev–Trinajstić information content (AvgIpc) is 2.75. The SMILES string of the molecule is COCOc1cc(-n2nc(C)cc2Cl)cc(C(F)(F)F)c1F. The molecule has 0 atom stereocenters. The van der Waals surface area contributed by atoms with Crippen molar-refractivity contribution in [2.24, 2.45) is 0 Å². The zero-order valence-corrected chi connectivity index (χ0v) is 12.3. The molecule has 1 aromatic carbocycles. The molecule has 0 fully saturated rings. The molecule has 0 unspecified atom stereocenters. The highest BCUT2D eigenvalue weighted by atomic mass is 35.5. The second kappa shape index (κ2) is 6.13. The van der Waals surface area contributed by atoms with Gasteiger partial charge in [0.25, 0.3) is 0 Å². The number of aromatic nitrogens is 2. The molecule has 2 aromatic rings. The zero-order chi connectivity index (χ0) is 16.5. The first-order chi connectivity index (χ1) is 10.2. The number of ether oxygens (including phenoxy) is 2. The molecule has 9 heteroatoms. The van der Waals surface area contributed by atoms with Crippen LogP contribution in [-0.2, 0) is 10.9 Å². The predicted molar refractivity (Wildman–Crippen MR) is 70.8 cm³/mol. The maximum Gasteiger partial charge on any atom is 0.419 e. The summed E-state index contributed by atoms with van der Waals surface area (Å²) in [5, 5.41) is 4.06. The summed E-state index contributed by atoms with van der Waals surface area (Å²) in [5.74, 6) is -2.12. The van der Waals surface area contributed by atoms with E-state index in [2.05, 4.69) is 9.84 Å². The summed E-state index contributed by atoms with van der Waals surface area (Å²) >= 11 is 5.90. The normalized spacial score (nSPS) is 11.8. The van der Waals surface area contributed by atoms with Crippen LogP contribution in [0.2, 0.25) is 5.15 Å². The number of halogens is 5. The number of methoxy groups -OCH3 is 1. The van der Waals surface area contributed by atoms with Gasteiger partial charge in [-0.1, -0.05) is 11.6 Å². The minimum absolute atomic E-state index is 0.0714. The van der Waals surface area contributed by atoms with E-state index < -0.39 is 30.1 Å². The van der Waals surface area contributed by atoms with E-state index in [1.165, 1.54) is 13.2 Å². The van der Waals surface area contributed by atoms with Gasteiger partial charge < -0.3 is 9.47 Å². The van der Waals surface area contributed by atoms with E-state index in [0.717, 1.165) is 10.7 Å². The van der Waals surface area contributed by atoms with Crippen molar-refractivity contribution in [1.29, 1.82) is 0 Å². The van der Waals surface area contributed by atoms with E-state index in [1.54, 1.807) is 6.92 Å². The Balaban J connectivity index is 2.62. The van der Waals surface area contributed by atoms with E-state index >= 15 is 0 Å². The van der Waals surface area contributed by atoms with Gasteiger partial charge in [-0.25, -0.2) is 9.07 Å². The van der Waals surface area contributed by atoms with Crippen LogP contribution >= 0.6 is 11.6 Å². The van der Waals surface area contributed by atoms with Crippen molar-refractivity contribution in [3.05, 3.63) is 40.4 Å². The van der Waals surface area contributed by atoms with Crippen LogP contribution in [0.25, 0.3) is 5.69 Å². The third kappa shape index (κ3) is 3.33. The molecule has 1 heterocycles. The molecule has 2 rings (SSSR count). The molecule has 0 radical (unpaired) electrons. The average molecular weight is 339 g/mol. The van der Waals surface area contributed by atoms with Crippen LogP contribution in [0, 0.1) is 12.7 Å². The summed E-state index contributed by atoms with van der Waals surface area (Å²) in [6.45, 7) is 1.22. The summed E-state index contributed by atoms with van der Waals surface area (Å²) in [5.41, 5.74) is -1.04. The summed E-state index contributed by atoms with van der Waals surface area (Å²) in [7, 11) is 1.26. The van der Waals surface area contributed by atoms with E-state index in [0.29, 0.717) is 11.8 Å². The number of hydrogen-bond acceptors (Lipinski definition) is 3. The lowest BCUT2D eigenvalue weighted by Crippen LogP contribution is -2.12. The molecule has 0 aliphatic heterocycles. The van der Waals surface area contributed by atoms with Gasteiger partial charge in [0, 0.05) is 13.2 Å². The molecular weight excluding hydrogens is 328 g/mol. The van der Waals surface area contributed by atoms with Crippen molar-refractivity contribution >= 4 is 11.6 Å². The standard InChI is InChI=1S/C13H11ClF4N2O2/c1-7-3-11(14)20(19-7)8-4-9(13(16,17)18)12(15)10(5-8)22-6-21-2/h3-5H,6H2,1-2H3. The Hall–Kier alpha value is -1.80. The molecule has 22 heavy (non-hydrogen) atoms. The summed E-state index contributed by atoms with van der Waals surface area (Å²) in [4.78, 5) is 0. The van der Waals surface area contributed by atoms with Crippen molar-refractivity contribution < 1.29 is 27.0 Å². The summed E-state index contributed by atoms with van der Waals surface area (Å²) < 4.78 is 63.3. The van der Waals surface area contributed by atoms with Crippen molar-refractivity contribution in [3.8, 4) is 11.4 Å². The van der Waals surface area contributed by atoms with Crippen LogP contribution in [0.5, 0.6) is 5.75 Å². The second-order valence-corrected chi connectivity index (χ2v) is 4.76. The first-order valence-corrected chi connectivity index (χ1v) is 6.37. The molecule has 0 aliphatic carbocycles. The molecule has 0 saturated carbocycles. The van der Waals surface area contributed by atoms with Gasteiger partial charge in [-0.05, 0) is 19.1 Å². The molecule has 0 N–H and O–H groups in total. The van der Waals surface area contributed by atoms with Crippen LogP contribution in [0.1, 0.15) is 11.3 Å². The molecule has 0 amide bonds. The molecule has 0 aliphatic rings. The predicted octanol–water partition coefficient (Wildman–Crippen LogP) is 3.97. The van der Waals surface area contributed by atoms with E-state index in [1.807, 2.05) is 0 Å². The Labute approximate surface area is 128 Å². The van der Waals surface area contributed by atoms with Crippen molar-refractivity contribution in [3.63, 3.8) is 0 Å². The monoisotopic (exact) mass is 338 g/mol. The van der Waals surface area contributed by atoms with E-state index in [-0.39, 0.29) is 10.8 Å². The van der Waals surface area contributed by atoms with Crippen LogP contribution in [0.4, 0.5) is 17.6 Å². The van der Waals surface area contributed by atoms with Crippen LogP contribution < -0.4 is 4.74 Å². The first kappa shape index (κ1) is 16.6. The smallest absolute Gasteiger partial charge is 0.419 e. The van der Waals surface area contributed by atoms with Gasteiger partial charge >= 0.3 is 6.18 Å². The number of hydrogen-bond donors (Lipinski definition) is 0. The molecule has 120 valence electrons. The fraction of sp³-hybridized carbons (Fsp3) is 0.308.